The second-order valence-electron chi connectivity index (χ2n) is 4.72. The zero-order valence-electron chi connectivity index (χ0n) is 9.46. The average Bonchev–Trinajstić information content (AvgIpc) is 2.74. The second-order valence-corrected chi connectivity index (χ2v) is 4.72. The van der Waals surface area contributed by atoms with E-state index in [0.29, 0.717) is 6.54 Å². The first-order chi connectivity index (χ1) is 7.29. The summed E-state index contributed by atoms with van der Waals surface area (Å²) < 4.78 is 0. The Labute approximate surface area is 91.4 Å². The molecule has 0 aromatic rings. The van der Waals surface area contributed by atoms with Gasteiger partial charge in [0, 0.05) is 19.6 Å². The zero-order chi connectivity index (χ0) is 10.7. The first kappa shape index (κ1) is 10.9. The number of nitrogens with zero attached hydrogens (tertiary/aromatic N) is 1. The molecule has 15 heavy (non-hydrogen) atoms. The van der Waals surface area contributed by atoms with Gasteiger partial charge in [0.05, 0.1) is 6.54 Å². The number of rotatable bonds is 4. The minimum absolute atomic E-state index is 0.185. The van der Waals surface area contributed by atoms with E-state index in [-0.39, 0.29) is 5.91 Å². The molecule has 2 atom stereocenters. The van der Waals surface area contributed by atoms with Crippen LogP contribution in [0.3, 0.4) is 0 Å². The minimum atomic E-state index is 0.185. The summed E-state index contributed by atoms with van der Waals surface area (Å²) in [7, 11) is 0. The third-order valence-electron chi connectivity index (χ3n) is 3.40. The largest absolute Gasteiger partial charge is 0.355 e. The van der Waals surface area contributed by atoms with Crippen LogP contribution in [0.25, 0.3) is 0 Å². The van der Waals surface area contributed by atoms with Gasteiger partial charge in [-0.05, 0) is 31.3 Å². The SMILES string of the molecule is CCCNC(=O)CN1C[C@H]2CNC[C@H]2C1. The van der Waals surface area contributed by atoms with Gasteiger partial charge in [-0.25, -0.2) is 0 Å². The van der Waals surface area contributed by atoms with Gasteiger partial charge >= 0.3 is 0 Å². The fourth-order valence-electron chi connectivity index (χ4n) is 2.61. The van der Waals surface area contributed by atoms with Crippen LogP contribution in [-0.2, 0) is 4.79 Å². The monoisotopic (exact) mass is 211 g/mol. The molecule has 4 nitrogen and oxygen atoms in total. The van der Waals surface area contributed by atoms with E-state index < -0.39 is 0 Å². The van der Waals surface area contributed by atoms with Gasteiger partial charge < -0.3 is 10.6 Å². The molecule has 1 amide bonds. The molecule has 2 N–H and O–H groups in total. The van der Waals surface area contributed by atoms with Crippen LogP contribution in [0.2, 0.25) is 0 Å². The molecule has 2 saturated heterocycles. The summed E-state index contributed by atoms with van der Waals surface area (Å²) >= 11 is 0. The molecule has 2 heterocycles. The molecule has 0 bridgehead atoms. The van der Waals surface area contributed by atoms with Crippen LogP contribution in [0.1, 0.15) is 13.3 Å². The van der Waals surface area contributed by atoms with Gasteiger partial charge in [-0.3, -0.25) is 9.69 Å². The van der Waals surface area contributed by atoms with E-state index >= 15 is 0 Å². The van der Waals surface area contributed by atoms with E-state index in [2.05, 4.69) is 22.5 Å². The Morgan fingerprint density at radius 3 is 2.67 bits per heavy atom. The normalized spacial score (nSPS) is 30.5. The van der Waals surface area contributed by atoms with Crippen LogP contribution >= 0.6 is 0 Å². The van der Waals surface area contributed by atoms with E-state index in [9.17, 15) is 4.79 Å². The molecule has 2 aliphatic heterocycles. The van der Waals surface area contributed by atoms with E-state index in [1.165, 1.54) is 0 Å². The molecule has 0 unspecified atom stereocenters. The molecule has 0 aromatic heterocycles. The summed E-state index contributed by atoms with van der Waals surface area (Å²) in [5.41, 5.74) is 0. The van der Waals surface area contributed by atoms with E-state index in [4.69, 9.17) is 0 Å². The van der Waals surface area contributed by atoms with Gasteiger partial charge in [0.2, 0.25) is 5.91 Å². The molecule has 0 aliphatic carbocycles. The number of nitrogens with one attached hydrogen (secondary N) is 2. The Balaban J connectivity index is 1.70. The first-order valence-electron chi connectivity index (χ1n) is 5.99. The van der Waals surface area contributed by atoms with Crippen molar-refractivity contribution in [3.05, 3.63) is 0 Å². The van der Waals surface area contributed by atoms with E-state index in [1.807, 2.05) is 0 Å². The first-order valence-corrected chi connectivity index (χ1v) is 5.99. The predicted molar refractivity (Wildman–Crippen MR) is 59.6 cm³/mol. The molecule has 2 rings (SSSR count). The van der Waals surface area contributed by atoms with Crippen LogP contribution in [0.5, 0.6) is 0 Å². The summed E-state index contributed by atoms with van der Waals surface area (Å²) in [6, 6.07) is 0. The van der Waals surface area contributed by atoms with Crippen LogP contribution in [0.15, 0.2) is 0 Å². The summed E-state index contributed by atoms with van der Waals surface area (Å²) in [6.45, 7) is 7.93. The third kappa shape index (κ3) is 2.69. The van der Waals surface area contributed by atoms with Gasteiger partial charge in [0.1, 0.15) is 0 Å². The third-order valence-corrected chi connectivity index (χ3v) is 3.40. The van der Waals surface area contributed by atoms with E-state index in [0.717, 1.165) is 51.0 Å². The van der Waals surface area contributed by atoms with Gasteiger partial charge in [0.15, 0.2) is 0 Å². The highest BCUT2D eigenvalue weighted by atomic mass is 16.2. The molecule has 0 radical (unpaired) electrons. The smallest absolute Gasteiger partial charge is 0.234 e. The number of hydrogen-bond donors (Lipinski definition) is 2. The van der Waals surface area contributed by atoms with Gasteiger partial charge in [-0.15, -0.1) is 0 Å². The number of fused-ring (bicyclic) bond motifs is 1. The van der Waals surface area contributed by atoms with Crippen molar-refractivity contribution in [1.29, 1.82) is 0 Å². The van der Waals surface area contributed by atoms with Crippen LogP contribution in [0.4, 0.5) is 0 Å². The molecule has 2 fully saturated rings. The highest BCUT2D eigenvalue weighted by molar-refractivity contribution is 5.78. The Kier molecular flexibility index (Phi) is 3.59. The van der Waals surface area contributed by atoms with Gasteiger partial charge in [-0.2, -0.15) is 0 Å². The maximum atomic E-state index is 11.5. The molecular weight excluding hydrogens is 190 g/mol. The standard InChI is InChI=1S/C11H21N3O/c1-2-3-13-11(15)8-14-6-9-4-12-5-10(9)7-14/h9-10,12H,2-8H2,1H3,(H,13,15)/t9-,10+. The van der Waals surface area contributed by atoms with Crippen molar-refractivity contribution in [1.82, 2.24) is 15.5 Å². The maximum absolute atomic E-state index is 11.5. The van der Waals surface area contributed by atoms with Crippen LogP contribution < -0.4 is 10.6 Å². The lowest BCUT2D eigenvalue weighted by Crippen LogP contribution is -2.37. The van der Waals surface area contributed by atoms with Gasteiger partial charge in [0.25, 0.3) is 0 Å². The quantitative estimate of drug-likeness (QED) is 0.669. The molecule has 86 valence electrons. The number of hydrogen-bond acceptors (Lipinski definition) is 3. The maximum Gasteiger partial charge on any atom is 0.234 e. The Bertz CT molecular complexity index is 220. The summed E-state index contributed by atoms with van der Waals surface area (Å²) in [6.07, 6.45) is 1.01. The fraction of sp³-hybridized carbons (Fsp3) is 0.909. The highest BCUT2D eigenvalue weighted by Crippen LogP contribution is 2.25. The van der Waals surface area contributed by atoms with Crippen molar-refractivity contribution in [3.8, 4) is 0 Å². The van der Waals surface area contributed by atoms with Crippen molar-refractivity contribution in [2.75, 3.05) is 39.3 Å². The number of amides is 1. The van der Waals surface area contributed by atoms with Crippen molar-refractivity contribution in [2.45, 2.75) is 13.3 Å². The van der Waals surface area contributed by atoms with Crippen LogP contribution in [-0.4, -0.2) is 50.1 Å². The molecule has 4 heteroatoms. The average molecular weight is 211 g/mol. The highest BCUT2D eigenvalue weighted by Gasteiger charge is 2.36. The van der Waals surface area contributed by atoms with Crippen molar-refractivity contribution < 1.29 is 4.79 Å². The molecule has 0 aromatic carbocycles. The number of carbonyl (C=O) groups excluding carboxylic acids is 1. The number of carbonyl (C=O) groups is 1. The lowest BCUT2D eigenvalue weighted by molar-refractivity contribution is -0.122. The van der Waals surface area contributed by atoms with Crippen molar-refractivity contribution in [2.24, 2.45) is 11.8 Å². The Hall–Kier alpha value is -0.610. The van der Waals surface area contributed by atoms with Crippen molar-refractivity contribution >= 4 is 5.91 Å². The van der Waals surface area contributed by atoms with Gasteiger partial charge in [-0.1, -0.05) is 6.92 Å². The van der Waals surface area contributed by atoms with Crippen LogP contribution in [0, 0.1) is 11.8 Å². The number of likely N-dealkylation sites (tertiary alicyclic amines) is 1. The second kappa shape index (κ2) is 4.94. The lowest BCUT2D eigenvalue weighted by Gasteiger charge is -2.16. The lowest BCUT2D eigenvalue weighted by atomic mass is 10.0. The van der Waals surface area contributed by atoms with Crippen molar-refractivity contribution in [3.63, 3.8) is 0 Å². The molecular formula is C11H21N3O. The summed E-state index contributed by atoms with van der Waals surface area (Å²) in [5, 5.41) is 6.33. The Morgan fingerprint density at radius 1 is 1.40 bits per heavy atom. The summed E-state index contributed by atoms with van der Waals surface area (Å²) in [5.74, 6) is 1.75. The van der Waals surface area contributed by atoms with E-state index in [1.54, 1.807) is 0 Å². The Morgan fingerprint density at radius 2 is 2.07 bits per heavy atom. The molecule has 0 spiro atoms. The summed E-state index contributed by atoms with van der Waals surface area (Å²) in [4.78, 5) is 13.8. The molecule has 2 aliphatic rings. The fourth-order valence-corrected chi connectivity index (χ4v) is 2.61. The molecule has 0 saturated carbocycles. The zero-order valence-corrected chi connectivity index (χ0v) is 9.46. The predicted octanol–water partition coefficient (Wildman–Crippen LogP) is -0.336. The topological polar surface area (TPSA) is 44.4 Å². The minimum Gasteiger partial charge on any atom is -0.355 e.